The molecule has 0 atom stereocenters. The van der Waals surface area contributed by atoms with Crippen LogP contribution < -0.4 is 0 Å². The lowest BCUT2D eigenvalue weighted by molar-refractivity contribution is -0.0510. The Balaban J connectivity index is 0.000000366. The highest BCUT2D eigenvalue weighted by Crippen LogP contribution is 2.42. The second-order valence-corrected chi connectivity index (χ2v) is 8.76. The minimum absolute atomic E-state index is 0.0533. The summed E-state index contributed by atoms with van der Waals surface area (Å²) in [5, 5.41) is 10.3. The molecule has 0 fully saturated rings. The lowest BCUT2D eigenvalue weighted by Gasteiger charge is -2.15. The van der Waals surface area contributed by atoms with Gasteiger partial charge in [0, 0.05) is 11.1 Å². The number of phenols is 1. The lowest BCUT2D eigenvalue weighted by atomic mass is 9.93. The number of benzene rings is 3. The van der Waals surface area contributed by atoms with E-state index in [0.29, 0.717) is 16.7 Å². The summed E-state index contributed by atoms with van der Waals surface area (Å²) in [6.45, 7) is 0. The topological polar surface area (TPSA) is 129 Å². The van der Waals surface area contributed by atoms with Crippen LogP contribution in [0, 0.1) is 0 Å². The van der Waals surface area contributed by atoms with Gasteiger partial charge in [0.25, 0.3) is 10.1 Å². The number of rotatable bonds is 3. The van der Waals surface area contributed by atoms with E-state index < -0.39 is 25.7 Å². The maximum Gasteiger partial charge on any atom is 0.522 e. The Labute approximate surface area is 175 Å². The highest BCUT2D eigenvalue weighted by molar-refractivity contribution is 7.86. The second kappa shape index (κ2) is 9.06. The van der Waals surface area contributed by atoms with Crippen LogP contribution in [0.2, 0.25) is 0 Å². The average Bonchev–Trinajstić information content (AvgIpc) is 2.67. The molecule has 0 bridgehead atoms. The molecule has 3 aromatic rings. The molecule has 0 aliphatic rings. The van der Waals surface area contributed by atoms with Crippen LogP contribution in [-0.4, -0.2) is 36.6 Å². The van der Waals surface area contributed by atoms with E-state index in [-0.39, 0.29) is 16.2 Å². The first-order valence-corrected chi connectivity index (χ1v) is 11.1. The number of hydrogen-bond donors (Lipinski definition) is 3. The Morgan fingerprint density at radius 1 is 0.645 bits per heavy atom. The predicted octanol–water partition coefficient (Wildman–Crippen LogP) is 4.37. The fraction of sp³-hybridized carbons (Fsp3) is 0.0526. The van der Waals surface area contributed by atoms with E-state index in [1.807, 2.05) is 12.1 Å². The number of hydrogen-bond acceptors (Lipinski definition) is 5. The maximum atomic E-state index is 11.8. The minimum Gasteiger partial charge on any atom is -0.507 e. The van der Waals surface area contributed by atoms with E-state index in [2.05, 4.69) is 0 Å². The Bertz CT molecular complexity index is 1260. The summed E-state index contributed by atoms with van der Waals surface area (Å²) in [5.74, 6) is -0.0533. The van der Waals surface area contributed by atoms with Crippen molar-refractivity contribution in [3.63, 3.8) is 0 Å². The fourth-order valence-electron chi connectivity index (χ4n) is 2.58. The van der Waals surface area contributed by atoms with Crippen molar-refractivity contribution < 1.29 is 44.2 Å². The molecule has 0 spiro atoms. The molecule has 0 amide bonds. The third-order valence-electron chi connectivity index (χ3n) is 3.84. The summed E-state index contributed by atoms with van der Waals surface area (Å²) in [6.07, 6.45) is 0. The third kappa shape index (κ3) is 6.04. The minimum atomic E-state index is -5.84. The molecule has 0 unspecified atom stereocenters. The molecule has 12 heteroatoms. The van der Waals surface area contributed by atoms with Crippen LogP contribution in [0.5, 0.6) is 5.75 Å². The van der Waals surface area contributed by atoms with Gasteiger partial charge in [0.15, 0.2) is 0 Å². The third-order valence-corrected chi connectivity index (χ3v) is 5.32. The van der Waals surface area contributed by atoms with Crippen molar-refractivity contribution in [1.82, 2.24) is 0 Å². The van der Waals surface area contributed by atoms with Gasteiger partial charge in [-0.15, -0.1) is 0 Å². The highest BCUT2D eigenvalue weighted by Gasteiger charge is 2.44. The molecule has 0 aliphatic heterocycles. The molecule has 31 heavy (non-hydrogen) atoms. The van der Waals surface area contributed by atoms with Gasteiger partial charge in [-0.1, -0.05) is 60.7 Å². The number of alkyl halides is 3. The van der Waals surface area contributed by atoms with Crippen molar-refractivity contribution >= 4 is 20.2 Å². The Hall–Kier alpha value is -2.93. The average molecular weight is 476 g/mol. The summed E-state index contributed by atoms with van der Waals surface area (Å²) >= 11 is 0. The van der Waals surface area contributed by atoms with Crippen molar-refractivity contribution in [1.29, 1.82) is 0 Å². The molecule has 166 valence electrons. The van der Waals surface area contributed by atoms with Crippen LogP contribution >= 0.6 is 0 Å². The zero-order valence-corrected chi connectivity index (χ0v) is 17.0. The van der Waals surface area contributed by atoms with Crippen molar-refractivity contribution in [2.45, 2.75) is 10.4 Å². The quantitative estimate of drug-likeness (QED) is 0.378. The van der Waals surface area contributed by atoms with Crippen LogP contribution in [0.1, 0.15) is 0 Å². The summed E-state index contributed by atoms with van der Waals surface area (Å²) < 4.78 is 90.7. The highest BCUT2D eigenvalue weighted by atomic mass is 32.2. The standard InChI is InChI=1S/C18H14O4S.CHF3O3S/c19-15-11-12-16(23(20,21)22)18(14-9-5-2-6-10-14)17(15)13-7-3-1-4-8-13;2-1(3,4)8(5,6)7/h1-12,19H,(H,20,21,22);(H,5,6,7). The number of phenolic OH excluding ortho intramolecular Hbond substituents is 1. The van der Waals surface area contributed by atoms with Crippen molar-refractivity contribution in [3.8, 4) is 28.0 Å². The molecular formula is C19H15F3O7S2. The number of aromatic hydroxyl groups is 1. The molecular weight excluding hydrogens is 461 g/mol. The van der Waals surface area contributed by atoms with Gasteiger partial charge in [-0.25, -0.2) is 0 Å². The Morgan fingerprint density at radius 3 is 1.39 bits per heavy atom. The van der Waals surface area contributed by atoms with E-state index in [4.69, 9.17) is 13.0 Å². The summed E-state index contributed by atoms with van der Waals surface area (Å²) in [6, 6.07) is 20.3. The fourth-order valence-corrected chi connectivity index (χ4v) is 3.29. The van der Waals surface area contributed by atoms with Crippen molar-refractivity contribution in [3.05, 3.63) is 72.8 Å². The van der Waals surface area contributed by atoms with E-state index in [0.717, 1.165) is 0 Å². The summed E-state index contributed by atoms with van der Waals surface area (Å²) in [4.78, 5) is -0.236. The second-order valence-electron chi connectivity index (χ2n) is 5.96. The summed E-state index contributed by atoms with van der Waals surface area (Å²) in [5.41, 5.74) is -3.64. The van der Waals surface area contributed by atoms with Crippen LogP contribution in [0.25, 0.3) is 22.3 Å². The SMILES string of the molecule is O=S(=O)(O)C(F)(F)F.O=S(=O)(O)c1ccc(O)c(-c2ccccc2)c1-c1ccccc1. The molecule has 0 heterocycles. The van der Waals surface area contributed by atoms with Crippen LogP contribution in [0.3, 0.4) is 0 Å². The molecule has 0 saturated carbocycles. The maximum absolute atomic E-state index is 11.8. The normalized spacial score (nSPS) is 12.0. The number of halogens is 3. The van der Waals surface area contributed by atoms with Gasteiger partial charge in [-0.2, -0.15) is 30.0 Å². The van der Waals surface area contributed by atoms with Gasteiger partial charge in [0.2, 0.25) is 0 Å². The first kappa shape index (κ1) is 24.3. The van der Waals surface area contributed by atoms with Crippen molar-refractivity contribution in [2.75, 3.05) is 0 Å². The molecule has 3 N–H and O–H groups in total. The Kier molecular flexibility index (Phi) is 7.11. The smallest absolute Gasteiger partial charge is 0.507 e. The molecule has 3 aromatic carbocycles. The van der Waals surface area contributed by atoms with Gasteiger partial charge < -0.3 is 5.11 Å². The van der Waals surface area contributed by atoms with E-state index in [9.17, 15) is 31.2 Å². The first-order chi connectivity index (χ1) is 14.2. The molecule has 0 aliphatic carbocycles. The zero-order chi connectivity index (χ0) is 23.4. The lowest BCUT2D eigenvalue weighted by Crippen LogP contribution is -2.21. The Morgan fingerprint density at radius 2 is 1.03 bits per heavy atom. The molecule has 3 rings (SSSR count). The first-order valence-electron chi connectivity index (χ1n) is 8.21. The molecule has 0 saturated heterocycles. The van der Waals surface area contributed by atoms with E-state index in [1.54, 1.807) is 48.5 Å². The van der Waals surface area contributed by atoms with Crippen LogP contribution in [0.4, 0.5) is 13.2 Å². The van der Waals surface area contributed by atoms with Gasteiger partial charge in [-0.3, -0.25) is 9.11 Å². The van der Waals surface area contributed by atoms with Gasteiger partial charge in [0.05, 0.1) is 0 Å². The van der Waals surface area contributed by atoms with Gasteiger partial charge in [0.1, 0.15) is 10.6 Å². The summed E-state index contributed by atoms with van der Waals surface area (Å²) in [7, 11) is -10.3. The van der Waals surface area contributed by atoms with Crippen molar-refractivity contribution in [2.24, 2.45) is 0 Å². The molecule has 0 aromatic heterocycles. The van der Waals surface area contributed by atoms with Crippen LogP contribution in [0.15, 0.2) is 77.7 Å². The van der Waals surface area contributed by atoms with E-state index >= 15 is 0 Å². The molecule has 7 nitrogen and oxygen atoms in total. The molecule has 0 radical (unpaired) electrons. The predicted molar refractivity (Wildman–Crippen MR) is 106 cm³/mol. The van der Waals surface area contributed by atoms with Gasteiger partial charge in [-0.05, 0) is 23.3 Å². The van der Waals surface area contributed by atoms with Gasteiger partial charge >= 0.3 is 15.6 Å². The monoisotopic (exact) mass is 476 g/mol. The largest absolute Gasteiger partial charge is 0.522 e. The van der Waals surface area contributed by atoms with E-state index in [1.165, 1.54) is 12.1 Å². The zero-order valence-electron chi connectivity index (χ0n) is 15.4. The van der Waals surface area contributed by atoms with Crippen LogP contribution in [-0.2, 0) is 20.2 Å².